The van der Waals surface area contributed by atoms with Gasteiger partial charge in [0.05, 0.1) is 22.6 Å². The Morgan fingerprint density at radius 3 is 2.45 bits per heavy atom. The fraction of sp³-hybridized carbons (Fsp3) is 0.324. The zero-order valence-electron chi connectivity index (χ0n) is 25.1. The van der Waals surface area contributed by atoms with Crippen molar-refractivity contribution in [3.05, 3.63) is 90.0 Å². The van der Waals surface area contributed by atoms with E-state index >= 15 is 0 Å². The molecule has 0 fully saturated rings. The predicted octanol–water partition coefficient (Wildman–Crippen LogP) is 11.4. The van der Waals surface area contributed by atoms with E-state index in [-0.39, 0.29) is 5.75 Å². The van der Waals surface area contributed by atoms with Crippen LogP contribution >= 0.6 is 0 Å². The molecule has 0 saturated heterocycles. The van der Waals surface area contributed by atoms with Gasteiger partial charge in [-0.25, -0.2) is 4.98 Å². The van der Waals surface area contributed by atoms with Gasteiger partial charge in [0.15, 0.2) is 17.1 Å². The van der Waals surface area contributed by atoms with Gasteiger partial charge >= 0.3 is 0 Å². The molecule has 42 heavy (non-hydrogen) atoms. The monoisotopic (exact) mass is 560 g/mol. The van der Waals surface area contributed by atoms with Crippen LogP contribution in [0.1, 0.15) is 89.2 Å². The molecule has 2 heterocycles. The van der Waals surface area contributed by atoms with Gasteiger partial charge in [-0.15, -0.1) is 0 Å². The molecule has 0 amide bonds. The lowest BCUT2D eigenvalue weighted by Crippen LogP contribution is -2.17. The first-order valence-electron chi connectivity index (χ1n) is 15.5. The standard InChI is InChI=1S/C37H40N2O3/c1-5-8-9-13-24(4)28-14-12-16-32-36(28)41-35-17-11-10-15-31(35)39(32)27-19-20-29(33(40)23-27)37-38-30-22-26(25(6-2)7-3)18-21-34(30)42-37/h10-12,14-25,40H,5-9,13H2,1-4H3. The Hall–Kier alpha value is -4.25. The van der Waals surface area contributed by atoms with E-state index in [4.69, 9.17) is 14.1 Å². The number of hydrogen-bond donors (Lipinski definition) is 1. The Kier molecular flexibility index (Phi) is 7.92. The lowest BCUT2D eigenvalue weighted by Gasteiger charge is -2.34. The first-order valence-corrected chi connectivity index (χ1v) is 15.5. The van der Waals surface area contributed by atoms with Crippen molar-refractivity contribution in [1.29, 1.82) is 0 Å². The van der Waals surface area contributed by atoms with Crippen LogP contribution in [0.5, 0.6) is 17.2 Å². The van der Waals surface area contributed by atoms with E-state index in [1.54, 1.807) is 6.07 Å². The van der Waals surface area contributed by atoms with Gasteiger partial charge in [0.1, 0.15) is 11.3 Å². The molecule has 1 aliphatic heterocycles. The van der Waals surface area contributed by atoms with Crippen molar-refractivity contribution in [3.63, 3.8) is 0 Å². The summed E-state index contributed by atoms with van der Waals surface area (Å²) in [7, 11) is 0. The highest BCUT2D eigenvalue weighted by molar-refractivity contribution is 5.88. The van der Waals surface area contributed by atoms with Crippen LogP contribution in [-0.2, 0) is 0 Å². The first kappa shape index (κ1) is 27.9. The number of fused-ring (bicyclic) bond motifs is 3. The van der Waals surface area contributed by atoms with Crippen molar-refractivity contribution in [2.75, 3.05) is 4.90 Å². The third-order valence-electron chi connectivity index (χ3n) is 8.69. The molecule has 0 bridgehead atoms. The topological polar surface area (TPSA) is 58.7 Å². The molecular weight excluding hydrogens is 520 g/mol. The number of anilines is 3. The summed E-state index contributed by atoms with van der Waals surface area (Å²) in [5.41, 5.74) is 7.34. The van der Waals surface area contributed by atoms with Crippen LogP contribution in [-0.4, -0.2) is 10.1 Å². The predicted molar refractivity (Wildman–Crippen MR) is 172 cm³/mol. The Morgan fingerprint density at radius 1 is 0.857 bits per heavy atom. The summed E-state index contributed by atoms with van der Waals surface area (Å²) in [4.78, 5) is 6.95. The Bertz CT molecular complexity index is 1700. The summed E-state index contributed by atoms with van der Waals surface area (Å²) in [6, 6.07) is 26.4. The van der Waals surface area contributed by atoms with Crippen molar-refractivity contribution in [3.8, 4) is 28.7 Å². The molecule has 6 rings (SSSR count). The number of hydrogen-bond acceptors (Lipinski definition) is 5. The normalized spacial score (nSPS) is 13.2. The Morgan fingerprint density at radius 2 is 1.67 bits per heavy atom. The molecule has 0 aliphatic carbocycles. The van der Waals surface area contributed by atoms with Crippen LogP contribution in [0.25, 0.3) is 22.6 Å². The third-order valence-corrected chi connectivity index (χ3v) is 8.69. The number of ether oxygens (including phenoxy) is 1. The van der Waals surface area contributed by atoms with Crippen LogP contribution in [0.15, 0.2) is 83.3 Å². The number of phenolic OH excluding ortho intramolecular Hbond substituents is 1. The molecule has 1 aliphatic rings. The minimum absolute atomic E-state index is 0.119. The van der Waals surface area contributed by atoms with Gasteiger partial charge in [-0.05, 0) is 84.7 Å². The van der Waals surface area contributed by atoms with E-state index in [1.165, 1.54) is 30.4 Å². The average Bonchev–Trinajstić information content (AvgIpc) is 3.43. The van der Waals surface area contributed by atoms with Gasteiger partial charge in [0.2, 0.25) is 5.89 Å². The zero-order valence-corrected chi connectivity index (χ0v) is 25.1. The van der Waals surface area contributed by atoms with Crippen LogP contribution < -0.4 is 9.64 Å². The highest BCUT2D eigenvalue weighted by atomic mass is 16.5. The fourth-order valence-electron chi connectivity index (χ4n) is 6.23. The van der Waals surface area contributed by atoms with Crippen molar-refractivity contribution in [2.45, 2.75) is 78.1 Å². The molecule has 4 aromatic carbocycles. The first-order chi connectivity index (χ1) is 20.5. The molecule has 0 radical (unpaired) electrons. The number of benzene rings is 4. The SMILES string of the molecule is CCCCCC(C)c1cccc2c1Oc1ccccc1N2c1ccc(-c2nc3cc(C(CC)CC)ccc3o2)c(O)c1. The summed E-state index contributed by atoms with van der Waals surface area (Å²) in [5, 5.41) is 11.3. The largest absolute Gasteiger partial charge is 0.507 e. The number of nitrogens with zero attached hydrogens (tertiary/aromatic N) is 2. The van der Waals surface area contributed by atoms with Crippen molar-refractivity contribution < 1.29 is 14.3 Å². The highest BCUT2D eigenvalue weighted by Crippen LogP contribution is 2.53. The second-order valence-corrected chi connectivity index (χ2v) is 11.5. The summed E-state index contributed by atoms with van der Waals surface area (Å²) in [6.45, 7) is 8.95. The molecule has 5 nitrogen and oxygen atoms in total. The van der Waals surface area contributed by atoms with Gasteiger partial charge in [0.25, 0.3) is 0 Å². The molecule has 0 spiro atoms. The molecule has 216 valence electrons. The lowest BCUT2D eigenvalue weighted by atomic mass is 9.93. The Labute approximate surface area is 248 Å². The van der Waals surface area contributed by atoms with Crippen LogP contribution in [0.2, 0.25) is 0 Å². The molecule has 5 aromatic rings. The van der Waals surface area contributed by atoms with E-state index in [0.29, 0.717) is 23.3 Å². The molecule has 1 N–H and O–H groups in total. The summed E-state index contributed by atoms with van der Waals surface area (Å²) >= 11 is 0. The second kappa shape index (κ2) is 11.9. The smallest absolute Gasteiger partial charge is 0.231 e. The van der Waals surface area contributed by atoms with Crippen LogP contribution in [0, 0.1) is 0 Å². The second-order valence-electron chi connectivity index (χ2n) is 11.5. The van der Waals surface area contributed by atoms with E-state index in [2.05, 4.69) is 69.0 Å². The van der Waals surface area contributed by atoms with E-state index < -0.39 is 0 Å². The lowest BCUT2D eigenvalue weighted by molar-refractivity contribution is 0.461. The number of para-hydroxylation sites is 3. The van der Waals surface area contributed by atoms with E-state index in [1.807, 2.05) is 36.4 Å². The van der Waals surface area contributed by atoms with Crippen molar-refractivity contribution in [1.82, 2.24) is 4.98 Å². The molecule has 1 aromatic heterocycles. The number of phenols is 1. The van der Waals surface area contributed by atoms with Gasteiger partial charge in [-0.2, -0.15) is 0 Å². The van der Waals surface area contributed by atoms with E-state index in [9.17, 15) is 5.11 Å². The quantitative estimate of drug-likeness (QED) is 0.169. The van der Waals surface area contributed by atoms with Gasteiger partial charge in [-0.1, -0.05) is 77.3 Å². The highest BCUT2D eigenvalue weighted by Gasteiger charge is 2.29. The molecule has 1 unspecified atom stereocenters. The maximum atomic E-state index is 11.3. The van der Waals surface area contributed by atoms with Crippen LogP contribution in [0.4, 0.5) is 17.1 Å². The molecule has 5 heteroatoms. The Balaban J connectivity index is 1.38. The zero-order chi connectivity index (χ0) is 29.2. The van der Waals surface area contributed by atoms with E-state index in [0.717, 1.165) is 58.9 Å². The van der Waals surface area contributed by atoms with Crippen LogP contribution in [0.3, 0.4) is 0 Å². The number of oxazole rings is 1. The number of aromatic nitrogens is 1. The average molecular weight is 561 g/mol. The summed E-state index contributed by atoms with van der Waals surface area (Å²) < 4.78 is 12.7. The maximum Gasteiger partial charge on any atom is 0.231 e. The fourth-order valence-corrected chi connectivity index (χ4v) is 6.23. The van der Waals surface area contributed by atoms with Gasteiger partial charge in [-0.3, -0.25) is 0 Å². The third kappa shape index (κ3) is 5.13. The summed E-state index contributed by atoms with van der Waals surface area (Å²) in [5.74, 6) is 3.10. The number of aromatic hydroxyl groups is 1. The maximum absolute atomic E-state index is 11.3. The molecule has 1 atom stereocenters. The van der Waals surface area contributed by atoms with Crippen molar-refractivity contribution >= 4 is 28.2 Å². The number of rotatable bonds is 10. The van der Waals surface area contributed by atoms with Gasteiger partial charge < -0.3 is 19.2 Å². The molecule has 0 saturated carbocycles. The molecular formula is C37H40N2O3. The minimum atomic E-state index is 0.119. The summed E-state index contributed by atoms with van der Waals surface area (Å²) in [6.07, 6.45) is 6.93. The van der Waals surface area contributed by atoms with Crippen molar-refractivity contribution in [2.24, 2.45) is 0 Å². The minimum Gasteiger partial charge on any atom is -0.507 e. The van der Waals surface area contributed by atoms with Gasteiger partial charge in [0, 0.05) is 6.07 Å². The number of unbranched alkanes of at least 4 members (excludes halogenated alkanes) is 2.